The molecule has 0 unspecified atom stereocenters. The third kappa shape index (κ3) is 30.7. The Kier molecular flexibility index (Phi) is 39.4. The number of amides is 1. The SMILES string of the molecule is C/C(=N\NC(=O)CS)C1(C)SCCS1.OCCCCCCSc1nnc(SCCCCCCS)s1.SCCCCCCSc1nnc(SCCCCCCS)s1. The number of unbranched alkanes of at least 4 members (excludes halogenated alkanes) is 12. The van der Waals surface area contributed by atoms with Crippen LogP contribution >= 0.6 is 144 Å². The van der Waals surface area contributed by atoms with Crippen LogP contribution < -0.4 is 5.43 Å². The fourth-order valence-corrected chi connectivity index (χ4v) is 14.4. The lowest BCUT2D eigenvalue weighted by molar-refractivity contribution is -0.118. The van der Waals surface area contributed by atoms with Gasteiger partial charge in [0.15, 0.2) is 17.4 Å². The first-order valence-electron chi connectivity index (χ1n) is 19.7. The molecule has 2 aromatic heterocycles. The Morgan fingerprint density at radius 3 is 1.29 bits per heavy atom. The maximum absolute atomic E-state index is 10.9. The molecule has 1 fully saturated rings. The van der Waals surface area contributed by atoms with Crippen LogP contribution in [0.1, 0.15) is 117 Å². The highest BCUT2D eigenvalue weighted by molar-refractivity contribution is 8.22. The van der Waals surface area contributed by atoms with Crippen LogP contribution in [0.3, 0.4) is 0 Å². The number of carbonyl (C=O) groups is 1. The van der Waals surface area contributed by atoms with E-state index in [1.807, 2.05) is 77.5 Å². The minimum atomic E-state index is -0.163. The number of hydrogen-bond acceptors (Lipinski definition) is 19. The first-order valence-corrected chi connectivity index (χ1v) is 29.7. The minimum Gasteiger partial charge on any atom is -0.396 e. The molecule has 2 N–H and O–H groups in total. The van der Waals surface area contributed by atoms with Gasteiger partial charge < -0.3 is 5.11 Å². The summed E-state index contributed by atoms with van der Waals surface area (Å²) in [5.41, 5.74) is 3.44. The number of carbonyl (C=O) groups excluding carboxylic acids is 1. The number of aliphatic hydroxyl groups excluding tert-OH is 1. The summed E-state index contributed by atoms with van der Waals surface area (Å²) in [6.45, 7) is 4.41. The highest BCUT2D eigenvalue weighted by Crippen LogP contribution is 2.44. The van der Waals surface area contributed by atoms with E-state index in [1.54, 1.807) is 22.7 Å². The van der Waals surface area contributed by atoms with Gasteiger partial charge in [-0.05, 0) is 82.5 Å². The fraction of sp³-hybridized carbons (Fsp3) is 0.833. The van der Waals surface area contributed by atoms with Gasteiger partial charge in [-0.2, -0.15) is 55.6 Å². The zero-order chi connectivity index (χ0) is 41.0. The van der Waals surface area contributed by atoms with Gasteiger partial charge in [-0.15, -0.1) is 43.9 Å². The van der Waals surface area contributed by atoms with Crippen molar-refractivity contribution in [1.82, 2.24) is 25.8 Å². The van der Waals surface area contributed by atoms with Crippen molar-refractivity contribution in [3.8, 4) is 0 Å². The molecule has 0 aromatic carbocycles. The number of thiol groups is 4. The highest BCUT2D eigenvalue weighted by atomic mass is 32.2. The minimum absolute atomic E-state index is 0.0316. The Bertz CT molecular complexity index is 1110. The van der Waals surface area contributed by atoms with Crippen LogP contribution in [0.15, 0.2) is 22.5 Å². The van der Waals surface area contributed by atoms with Crippen molar-refractivity contribution in [2.45, 2.75) is 138 Å². The Morgan fingerprint density at radius 2 is 0.964 bits per heavy atom. The van der Waals surface area contributed by atoms with Crippen LogP contribution in [0, 0.1) is 0 Å². The fourth-order valence-electron chi connectivity index (χ4n) is 4.54. The monoisotopic (exact) mass is 998 g/mol. The Hall–Kier alpha value is 1.72. The second kappa shape index (κ2) is 39.6. The summed E-state index contributed by atoms with van der Waals surface area (Å²) in [7, 11) is 0. The first-order chi connectivity index (χ1) is 27.3. The molecule has 1 saturated heterocycles. The lowest BCUT2D eigenvalue weighted by Crippen LogP contribution is -2.28. The zero-order valence-corrected chi connectivity index (χ0v) is 43.3. The normalized spacial score (nSPS) is 13.6. The lowest BCUT2D eigenvalue weighted by atomic mass is 10.2. The predicted molar refractivity (Wildman–Crippen MR) is 274 cm³/mol. The molecule has 0 radical (unpaired) electrons. The van der Waals surface area contributed by atoms with E-state index in [4.69, 9.17) is 5.11 Å². The van der Waals surface area contributed by atoms with E-state index in [0.29, 0.717) is 6.61 Å². The van der Waals surface area contributed by atoms with Crippen molar-refractivity contribution in [3.63, 3.8) is 0 Å². The van der Waals surface area contributed by atoms with Crippen LogP contribution in [0.5, 0.6) is 0 Å². The van der Waals surface area contributed by atoms with Gasteiger partial charge in [0.05, 0.1) is 15.5 Å². The molecule has 20 heteroatoms. The maximum Gasteiger partial charge on any atom is 0.249 e. The summed E-state index contributed by atoms with van der Waals surface area (Å²) in [4.78, 5) is 10.9. The Labute approximate surface area is 394 Å². The molecule has 8 nitrogen and oxygen atoms in total. The zero-order valence-electron chi connectivity index (χ0n) is 33.2. The van der Waals surface area contributed by atoms with Gasteiger partial charge in [0.25, 0.3) is 0 Å². The summed E-state index contributed by atoms with van der Waals surface area (Å²) in [5.74, 6) is 9.91. The molecule has 1 aliphatic heterocycles. The van der Waals surface area contributed by atoms with Crippen LogP contribution in [-0.2, 0) is 4.79 Å². The molecule has 0 saturated carbocycles. The van der Waals surface area contributed by atoms with Crippen LogP contribution in [0.25, 0.3) is 0 Å². The van der Waals surface area contributed by atoms with Gasteiger partial charge in [-0.3, -0.25) is 4.79 Å². The number of rotatable bonds is 31. The second-order valence-electron chi connectivity index (χ2n) is 12.6. The molecule has 0 aliphatic carbocycles. The van der Waals surface area contributed by atoms with Crippen LogP contribution in [0.2, 0.25) is 0 Å². The summed E-state index contributed by atoms with van der Waals surface area (Å²) < 4.78 is 4.48. The van der Waals surface area contributed by atoms with E-state index in [2.05, 4.69) is 88.4 Å². The van der Waals surface area contributed by atoms with E-state index >= 15 is 0 Å². The largest absolute Gasteiger partial charge is 0.396 e. The van der Waals surface area contributed by atoms with Crippen molar-refractivity contribution in [3.05, 3.63) is 0 Å². The number of aliphatic hydroxyl groups is 1. The van der Waals surface area contributed by atoms with Gasteiger partial charge in [-0.1, -0.05) is 121 Å². The molecule has 3 heterocycles. The summed E-state index contributed by atoms with van der Waals surface area (Å²) >= 11 is 31.1. The van der Waals surface area contributed by atoms with Crippen molar-refractivity contribution in [2.75, 3.05) is 64.1 Å². The van der Waals surface area contributed by atoms with Gasteiger partial charge in [0.2, 0.25) is 5.91 Å². The quantitative estimate of drug-likeness (QED) is 0.0142. The van der Waals surface area contributed by atoms with E-state index in [-0.39, 0.29) is 15.7 Å². The molecule has 56 heavy (non-hydrogen) atoms. The molecule has 3 rings (SSSR count). The van der Waals surface area contributed by atoms with E-state index < -0.39 is 0 Å². The van der Waals surface area contributed by atoms with E-state index in [1.165, 1.54) is 89.9 Å². The topological polar surface area (TPSA) is 113 Å². The average Bonchev–Trinajstić information content (AvgIpc) is 3.99. The summed E-state index contributed by atoms with van der Waals surface area (Å²) in [6.07, 6.45) is 19.7. The van der Waals surface area contributed by atoms with E-state index in [0.717, 1.165) is 87.7 Å². The highest BCUT2D eigenvalue weighted by Gasteiger charge is 2.33. The van der Waals surface area contributed by atoms with Crippen LogP contribution in [-0.4, -0.2) is 105 Å². The number of nitrogens with one attached hydrogen (secondary N) is 1. The van der Waals surface area contributed by atoms with E-state index in [9.17, 15) is 4.79 Å². The molecular formula is C36H66N6O2S12. The van der Waals surface area contributed by atoms with Crippen molar-refractivity contribution >= 4 is 155 Å². The Balaban J connectivity index is 0.000000429. The number of aromatic nitrogens is 4. The number of hydrogen-bond donors (Lipinski definition) is 6. The lowest BCUT2D eigenvalue weighted by Gasteiger charge is -2.20. The average molecular weight is 1000 g/mol. The molecule has 1 aliphatic rings. The third-order valence-corrected chi connectivity index (χ3v) is 19.3. The first kappa shape index (κ1) is 55.7. The Morgan fingerprint density at radius 1 is 0.625 bits per heavy atom. The molecule has 2 aromatic rings. The standard InChI is InChI=1S/C14H26N2OS4.C14H26N2S5.C8H14N2OS3/c2*17-9-5-1-3-7-11-19-13-15-16-14(21-13)20-12-8-4-2-6-10-18;1-6(9-10-7(11)5-12)8(2)13-3-4-14-8/h2*17-18H,1-12H2;12H,3-5H2,1-2H3,(H,10,11)/b;;9-6+. The molecular weight excluding hydrogens is 933 g/mol. The third-order valence-electron chi connectivity index (χ3n) is 7.88. The van der Waals surface area contributed by atoms with Crippen LogP contribution in [0.4, 0.5) is 0 Å². The summed E-state index contributed by atoms with van der Waals surface area (Å²) in [6, 6.07) is 0. The maximum atomic E-state index is 10.9. The molecule has 1 amide bonds. The van der Waals surface area contributed by atoms with Crippen molar-refractivity contribution < 1.29 is 9.90 Å². The number of hydrazone groups is 1. The van der Waals surface area contributed by atoms with Gasteiger partial charge in [-0.25, -0.2) is 5.43 Å². The smallest absolute Gasteiger partial charge is 0.249 e. The second-order valence-corrected chi connectivity index (χ2v) is 24.9. The predicted octanol–water partition coefficient (Wildman–Crippen LogP) is 12.1. The van der Waals surface area contributed by atoms with Gasteiger partial charge in [0.1, 0.15) is 0 Å². The molecule has 0 spiro atoms. The van der Waals surface area contributed by atoms with Crippen molar-refractivity contribution in [2.24, 2.45) is 5.10 Å². The molecule has 0 atom stereocenters. The van der Waals surface area contributed by atoms with Gasteiger partial charge >= 0.3 is 0 Å². The van der Waals surface area contributed by atoms with Gasteiger partial charge in [0, 0.05) is 41.1 Å². The van der Waals surface area contributed by atoms with Crippen molar-refractivity contribution in [1.29, 1.82) is 0 Å². The summed E-state index contributed by atoms with van der Waals surface area (Å²) in [5, 5.41) is 29.8. The number of nitrogens with zero attached hydrogens (tertiary/aromatic N) is 5. The molecule has 0 bridgehead atoms. The number of thioether (sulfide) groups is 6. The molecule has 324 valence electrons.